The van der Waals surface area contributed by atoms with Crippen molar-refractivity contribution in [3.8, 4) is 5.75 Å². The van der Waals surface area contributed by atoms with E-state index in [1.54, 1.807) is 0 Å². The number of carbonyl (C=O) groups is 4. The molecule has 0 amide bonds. The maximum absolute atomic E-state index is 11.8. The highest BCUT2D eigenvalue weighted by molar-refractivity contribution is 5.68. The summed E-state index contributed by atoms with van der Waals surface area (Å²) in [5.74, 6) is -2.87. The monoisotopic (exact) mass is 469 g/mol. The van der Waals surface area contributed by atoms with Crippen LogP contribution in [0.5, 0.6) is 5.75 Å². The van der Waals surface area contributed by atoms with Gasteiger partial charge in [0, 0.05) is 39.8 Å². The number of non-ortho nitro benzene ring substituents is 1. The first kappa shape index (κ1) is 25.5. The van der Waals surface area contributed by atoms with Crippen molar-refractivity contribution in [2.75, 3.05) is 6.61 Å². The molecule has 1 aromatic carbocycles. The Bertz CT molecular complexity index is 899. The van der Waals surface area contributed by atoms with Crippen LogP contribution >= 0.6 is 0 Å². The molecule has 0 N–H and O–H groups in total. The molecule has 0 aromatic heterocycles. The predicted molar refractivity (Wildman–Crippen MR) is 106 cm³/mol. The van der Waals surface area contributed by atoms with Crippen LogP contribution in [-0.2, 0) is 42.9 Å². The van der Waals surface area contributed by atoms with Gasteiger partial charge in [0.25, 0.3) is 5.69 Å². The Morgan fingerprint density at radius 1 is 0.848 bits per heavy atom. The van der Waals surface area contributed by atoms with E-state index in [0.29, 0.717) is 0 Å². The molecule has 1 saturated heterocycles. The second-order valence-electron chi connectivity index (χ2n) is 6.94. The zero-order valence-corrected chi connectivity index (χ0v) is 18.2. The standard InChI is InChI=1S/C20H23NO12/c1-10(22)28-9-16-17(29-11(2)23)18(30-12(3)24)19(31-13(4)25)20(33-16)32-15-7-5-14(6-8-15)21(26)27/h5-8,16-20H,9H2,1-4H3/t16-,17-,18+,19-,20-/m0/s1. The second kappa shape index (κ2) is 11.2. The number of hydrogen-bond acceptors (Lipinski definition) is 12. The Morgan fingerprint density at radius 3 is 1.85 bits per heavy atom. The molecule has 1 aliphatic rings. The van der Waals surface area contributed by atoms with Gasteiger partial charge >= 0.3 is 23.9 Å². The lowest BCUT2D eigenvalue weighted by molar-refractivity contribution is -0.384. The van der Waals surface area contributed by atoms with Crippen molar-refractivity contribution < 1.29 is 52.5 Å². The summed E-state index contributed by atoms with van der Waals surface area (Å²) in [6.07, 6.45) is -6.69. The van der Waals surface area contributed by atoms with Crippen LogP contribution in [0, 0.1) is 10.1 Å². The molecule has 0 unspecified atom stereocenters. The third-order valence-electron chi connectivity index (χ3n) is 4.25. The number of ether oxygens (including phenoxy) is 6. The fourth-order valence-electron chi connectivity index (χ4n) is 3.06. The summed E-state index contributed by atoms with van der Waals surface area (Å²) in [5, 5.41) is 10.9. The Morgan fingerprint density at radius 2 is 1.36 bits per heavy atom. The first-order chi connectivity index (χ1) is 15.5. The highest BCUT2D eigenvalue weighted by Gasteiger charge is 2.53. The third kappa shape index (κ3) is 7.42. The SMILES string of the molecule is CC(=O)OC[C@@H]1O[C@H](Oc2ccc([N+](=O)[O-])cc2)[C@@H](OC(C)=O)[C@H](OC(C)=O)[C@H]1OC(C)=O. The largest absolute Gasteiger partial charge is 0.463 e. The predicted octanol–water partition coefficient (Wildman–Crippen LogP) is 1.06. The van der Waals surface area contributed by atoms with E-state index in [4.69, 9.17) is 28.4 Å². The van der Waals surface area contributed by atoms with Gasteiger partial charge in [0.1, 0.15) is 18.5 Å². The normalized spacial score (nSPS) is 24.2. The Kier molecular flexibility index (Phi) is 8.68. The molecule has 1 aromatic rings. The molecule has 1 aliphatic heterocycles. The van der Waals surface area contributed by atoms with Crippen molar-refractivity contribution in [2.45, 2.75) is 58.4 Å². The van der Waals surface area contributed by atoms with Crippen LogP contribution < -0.4 is 4.74 Å². The molecule has 33 heavy (non-hydrogen) atoms. The van der Waals surface area contributed by atoms with Gasteiger partial charge in [-0.25, -0.2) is 0 Å². The van der Waals surface area contributed by atoms with Crippen molar-refractivity contribution in [1.29, 1.82) is 0 Å². The summed E-state index contributed by atoms with van der Waals surface area (Å²) in [4.78, 5) is 56.8. The molecule has 13 nitrogen and oxygen atoms in total. The smallest absolute Gasteiger partial charge is 0.303 e. The molecule has 0 radical (unpaired) electrons. The van der Waals surface area contributed by atoms with E-state index in [0.717, 1.165) is 27.7 Å². The summed E-state index contributed by atoms with van der Waals surface area (Å²) in [5.41, 5.74) is -0.191. The van der Waals surface area contributed by atoms with E-state index in [-0.39, 0.29) is 11.4 Å². The van der Waals surface area contributed by atoms with Gasteiger partial charge in [0.2, 0.25) is 12.4 Å². The highest BCUT2D eigenvalue weighted by atomic mass is 16.7. The summed E-state index contributed by atoms with van der Waals surface area (Å²) in [6.45, 7) is 4.05. The average molecular weight is 469 g/mol. The minimum Gasteiger partial charge on any atom is -0.463 e. The van der Waals surface area contributed by atoms with Crippen LogP contribution in [0.4, 0.5) is 5.69 Å². The summed E-state index contributed by atoms with van der Waals surface area (Å²) in [7, 11) is 0. The number of carbonyl (C=O) groups excluding carboxylic acids is 4. The molecule has 0 spiro atoms. The fourth-order valence-corrected chi connectivity index (χ4v) is 3.06. The molecule has 1 fully saturated rings. The number of esters is 4. The highest BCUT2D eigenvalue weighted by Crippen LogP contribution is 2.31. The van der Waals surface area contributed by atoms with Gasteiger partial charge in [0.15, 0.2) is 12.2 Å². The first-order valence-electron chi connectivity index (χ1n) is 9.69. The molecular weight excluding hydrogens is 446 g/mol. The van der Waals surface area contributed by atoms with E-state index >= 15 is 0 Å². The second-order valence-corrected chi connectivity index (χ2v) is 6.94. The number of nitro benzene ring substituents is 1. The van der Waals surface area contributed by atoms with Crippen LogP contribution in [0.3, 0.4) is 0 Å². The van der Waals surface area contributed by atoms with E-state index in [2.05, 4.69) is 0 Å². The molecule has 0 aliphatic carbocycles. The Balaban J connectivity index is 2.43. The lowest BCUT2D eigenvalue weighted by Crippen LogP contribution is -2.63. The number of nitrogens with zero attached hydrogens (tertiary/aromatic N) is 1. The number of hydrogen-bond donors (Lipinski definition) is 0. The van der Waals surface area contributed by atoms with Gasteiger partial charge in [-0.3, -0.25) is 29.3 Å². The summed E-state index contributed by atoms with van der Waals surface area (Å²) >= 11 is 0. The van der Waals surface area contributed by atoms with Gasteiger partial charge in [-0.1, -0.05) is 0 Å². The van der Waals surface area contributed by atoms with E-state index in [1.165, 1.54) is 24.3 Å². The van der Waals surface area contributed by atoms with Crippen LogP contribution in [-0.4, -0.2) is 66.1 Å². The minimum atomic E-state index is -1.42. The fraction of sp³-hybridized carbons (Fsp3) is 0.500. The number of rotatable bonds is 8. The zero-order valence-electron chi connectivity index (χ0n) is 18.2. The van der Waals surface area contributed by atoms with E-state index in [9.17, 15) is 29.3 Å². The average Bonchev–Trinajstić information content (AvgIpc) is 2.70. The summed E-state index contributed by atoms with van der Waals surface area (Å²) in [6, 6.07) is 4.93. The third-order valence-corrected chi connectivity index (χ3v) is 4.25. The first-order valence-corrected chi connectivity index (χ1v) is 9.69. The van der Waals surface area contributed by atoms with Gasteiger partial charge in [-0.2, -0.15) is 0 Å². The number of benzene rings is 1. The van der Waals surface area contributed by atoms with Gasteiger partial charge in [-0.05, 0) is 12.1 Å². The molecule has 2 rings (SSSR count). The molecule has 0 bridgehead atoms. The zero-order chi connectivity index (χ0) is 24.7. The molecule has 13 heteroatoms. The van der Waals surface area contributed by atoms with Crippen LogP contribution in [0.25, 0.3) is 0 Å². The molecule has 1 heterocycles. The van der Waals surface area contributed by atoms with Gasteiger partial charge < -0.3 is 28.4 Å². The van der Waals surface area contributed by atoms with Crippen molar-refractivity contribution >= 4 is 29.6 Å². The molecular formula is C20H23NO12. The Labute approximate surface area is 188 Å². The van der Waals surface area contributed by atoms with Gasteiger partial charge in [-0.15, -0.1) is 0 Å². The topological polar surface area (TPSA) is 167 Å². The quantitative estimate of drug-likeness (QED) is 0.230. The van der Waals surface area contributed by atoms with Crippen molar-refractivity contribution in [3.05, 3.63) is 34.4 Å². The summed E-state index contributed by atoms with van der Waals surface area (Å²) < 4.78 is 32.3. The van der Waals surface area contributed by atoms with E-state index < -0.39 is 66.1 Å². The van der Waals surface area contributed by atoms with Gasteiger partial charge in [0.05, 0.1) is 4.92 Å². The number of nitro groups is 1. The molecule has 0 saturated carbocycles. The molecule has 180 valence electrons. The maximum Gasteiger partial charge on any atom is 0.303 e. The van der Waals surface area contributed by atoms with Crippen LogP contribution in [0.15, 0.2) is 24.3 Å². The van der Waals surface area contributed by atoms with Crippen molar-refractivity contribution in [3.63, 3.8) is 0 Å². The maximum atomic E-state index is 11.8. The Hall–Kier alpha value is -3.74. The molecule has 5 atom stereocenters. The lowest BCUT2D eigenvalue weighted by Gasteiger charge is -2.43. The lowest BCUT2D eigenvalue weighted by atomic mass is 9.98. The van der Waals surface area contributed by atoms with Crippen LogP contribution in [0.1, 0.15) is 27.7 Å². The van der Waals surface area contributed by atoms with Crippen molar-refractivity contribution in [1.82, 2.24) is 0 Å². The van der Waals surface area contributed by atoms with E-state index in [1.807, 2.05) is 0 Å². The minimum absolute atomic E-state index is 0.0986. The van der Waals surface area contributed by atoms with Crippen molar-refractivity contribution in [2.24, 2.45) is 0 Å². The van der Waals surface area contributed by atoms with Crippen LogP contribution in [0.2, 0.25) is 0 Å².